The Kier molecular flexibility index (Phi) is 6.28. The molecule has 1 aliphatic rings. The highest BCUT2D eigenvalue weighted by Gasteiger charge is 2.30. The van der Waals surface area contributed by atoms with Gasteiger partial charge in [0.1, 0.15) is 5.75 Å². The van der Waals surface area contributed by atoms with Gasteiger partial charge in [-0.1, -0.05) is 24.3 Å². The fourth-order valence-corrected chi connectivity index (χ4v) is 4.36. The van der Waals surface area contributed by atoms with E-state index >= 15 is 0 Å². The number of aromatic nitrogens is 3. The molecule has 0 radical (unpaired) electrons. The van der Waals surface area contributed by atoms with Gasteiger partial charge in [0.2, 0.25) is 11.9 Å². The Morgan fingerprint density at radius 1 is 0.585 bits per heavy atom. The zero-order valence-electron chi connectivity index (χ0n) is 21.1. The fraction of sp³-hybridized carbons (Fsp3) is 0. The van der Waals surface area contributed by atoms with E-state index in [1.165, 1.54) is 30.3 Å². The number of nitrogens with one attached hydrogen (secondary N) is 3. The zero-order chi connectivity index (χ0) is 28.5. The molecule has 0 bridgehead atoms. The van der Waals surface area contributed by atoms with Gasteiger partial charge in [0, 0.05) is 44.9 Å². The van der Waals surface area contributed by atoms with Crippen molar-refractivity contribution < 1.29 is 24.6 Å². The second-order valence-corrected chi connectivity index (χ2v) is 9.08. The third-order valence-electron chi connectivity index (χ3n) is 6.33. The van der Waals surface area contributed by atoms with Crippen LogP contribution in [0.4, 0.5) is 29.0 Å². The summed E-state index contributed by atoms with van der Waals surface area (Å²) in [6.07, 6.45) is 0. The van der Waals surface area contributed by atoms with E-state index in [4.69, 9.17) is 0 Å². The van der Waals surface area contributed by atoms with Crippen molar-refractivity contribution in [3.05, 3.63) is 119 Å². The van der Waals surface area contributed by atoms with Gasteiger partial charge in [0.05, 0.1) is 0 Å². The highest BCUT2D eigenvalue weighted by molar-refractivity contribution is 6.28. The third-order valence-corrected chi connectivity index (χ3v) is 6.33. The maximum atomic E-state index is 13.0. The fourth-order valence-electron chi connectivity index (χ4n) is 4.36. The molecule has 0 aliphatic heterocycles. The number of hydrogen-bond acceptors (Lipinski definition) is 10. The number of phenols is 1. The summed E-state index contributed by atoms with van der Waals surface area (Å²) in [4.78, 5) is 50.7. The van der Waals surface area contributed by atoms with Crippen LogP contribution in [0.1, 0.15) is 42.2 Å². The SMILES string of the molecule is O=C(Nc1ccc(Nc2nc(O)nc(Nc3ccc(O)cc3)n2)cc1)c1ccc2c(c1)C(=O)c1ccccc1C2=O. The molecule has 1 amide bonds. The summed E-state index contributed by atoms with van der Waals surface area (Å²) in [5, 5.41) is 28.0. The largest absolute Gasteiger partial charge is 0.508 e. The third kappa shape index (κ3) is 5.14. The quantitative estimate of drug-likeness (QED) is 0.184. The van der Waals surface area contributed by atoms with Crippen molar-refractivity contribution in [3.63, 3.8) is 0 Å². The summed E-state index contributed by atoms with van der Waals surface area (Å²) in [7, 11) is 0. The highest BCUT2D eigenvalue weighted by atomic mass is 16.3. The van der Waals surface area contributed by atoms with Crippen LogP contribution in [0.5, 0.6) is 11.8 Å². The van der Waals surface area contributed by atoms with Crippen molar-refractivity contribution in [2.45, 2.75) is 0 Å². The van der Waals surface area contributed by atoms with E-state index in [0.717, 1.165) is 0 Å². The zero-order valence-corrected chi connectivity index (χ0v) is 21.1. The van der Waals surface area contributed by atoms with Gasteiger partial charge in [-0.25, -0.2) is 0 Å². The van der Waals surface area contributed by atoms with Crippen LogP contribution in [-0.2, 0) is 0 Å². The van der Waals surface area contributed by atoms with Crippen molar-refractivity contribution >= 4 is 46.4 Å². The number of carbonyl (C=O) groups is 3. The number of hydrogen-bond donors (Lipinski definition) is 5. The van der Waals surface area contributed by atoms with Crippen molar-refractivity contribution in [2.24, 2.45) is 0 Å². The Balaban J connectivity index is 1.14. The molecule has 0 spiro atoms. The first-order valence-electron chi connectivity index (χ1n) is 12.4. The van der Waals surface area contributed by atoms with Gasteiger partial charge in [-0.05, 0) is 66.7 Å². The monoisotopic (exact) mass is 544 g/mol. The maximum Gasteiger partial charge on any atom is 0.320 e. The molecular formula is C30H20N6O5. The Hall–Kier alpha value is -6.10. The van der Waals surface area contributed by atoms with Gasteiger partial charge < -0.3 is 26.2 Å². The number of nitrogens with zero attached hydrogens (tertiary/aromatic N) is 3. The molecule has 0 atom stereocenters. The number of ketones is 2. The number of carbonyl (C=O) groups excluding carboxylic acids is 3. The number of amides is 1. The van der Waals surface area contributed by atoms with Crippen molar-refractivity contribution in [1.82, 2.24) is 15.0 Å². The first kappa shape index (κ1) is 25.2. The Bertz CT molecular complexity index is 1840. The molecule has 0 saturated heterocycles. The van der Waals surface area contributed by atoms with E-state index in [1.807, 2.05) is 0 Å². The van der Waals surface area contributed by atoms with Gasteiger partial charge in [-0.2, -0.15) is 15.0 Å². The number of benzene rings is 4. The van der Waals surface area contributed by atoms with E-state index in [-0.39, 0.29) is 45.9 Å². The van der Waals surface area contributed by atoms with E-state index < -0.39 is 11.9 Å². The lowest BCUT2D eigenvalue weighted by molar-refractivity contribution is 0.0978. The topological polar surface area (TPSA) is 166 Å². The van der Waals surface area contributed by atoms with Crippen molar-refractivity contribution in [2.75, 3.05) is 16.0 Å². The summed E-state index contributed by atoms with van der Waals surface area (Å²) < 4.78 is 0. The average molecular weight is 545 g/mol. The van der Waals surface area contributed by atoms with Crippen LogP contribution in [0, 0.1) is 0 Å². The molecule has 1 heterocycles. The Morgan fingerprint density at radius 2 is 1.10 bits per heavy atom. The van der Waals surface area contributed by atoms with Gasteiger partial charge in [-0.15, -0.1) is 0 Å². The second kappa shape index (κ2) is 10.2. The molecular weight excluding hydrogens is 524 g/mol. The van der Waals surface area contributed by atoms with E-state index in [0.29, 0.717) is 28.2 Å². The first-order valence-corrected chi connectivity index (χ1v) is 12.4. The Labute approximate surface area is 232 Å². The standard InChI is InChI=1S/C30H20N6O5/c37-20-12-10-19(11-13-20)33-29-34-28(35-30(41)36-29)32-18-8-6-17(7-9-18)31-27(40)16-5-14-23-24(15-16)26(39)22-4-2-1-3-21(22)25(23)38/h1-15,37H,(H,31,40)(H3,32,33,34,35,36,41). The second-order valence-electron chi connectivity index (χ2n) is 9.08. The van der Waals surface area contributed by atoms with Crippen LogP contribution in [0.25, 0.3) is 0 Å². The van der Waals surface area contributed by atoms with E-state index in [2.05, 4.69) is 30.9 Å². The average Bonchev–Trinajstić information content (AvgIpc) is 2.97. The molecule has 41 heavy (non-hydrogen) atoms. The molecule has 6 rings (SSSR count). The summed E-state index contributed by atoms with van der Waals surface area (Å²) in [5.74, 6) is -0.726. The van der Waals surface area contributed by atoms with Crippen molar-refractivity contribution in [3.8, 4) is 11.8 Å². The number of aromatic hydroxyl groups is 2. The molecule has 5 aromatic rings. The maximum absolute atomic E-state index is 13.0. The highest BCUT2D eigenvalue weighted by Crippen LogP contribution is 2.28. The summed E-state index contributed by atoms with van der Waals surface area (Å²) in [5.41, 5.74) is 3.03. The smallest absolute Gasteiger partial charge is 0.320 e. The molecule has 1 aromatic heterocycles. The summed E-state index contributed by atoms with van der Waals surface area (Å²) in [6, 6.07) is 23.5. The van der Waals surface area contributed by atoms with Crippen LogP contribution in [0.2, 0.25) is 0 Å². The minimum absolute atomic E-state index is 0.0745. The molecule has 0 saturated carbocycles. The molecule has 1 aliphatic carbocycles. The predicted octanol–water partition coefficient (Wildman–Crippen LogP) is 4.80. The summed E-state index contributed by atoms with van der Waals surface area (Å²) in [6.45, 7) is 0. The van der Waals surface area contributed by atoms with Crippen LogP contribution in [0.3, 0.4) is 0 Å². The van der Waals surface area contributed by atoms with Crippen LogP contribution < -0.4 is 16.0 Å². The molecule has 11 heteroatoms. The lowest BCUT2D eigenvalue weighted by Crippen LogP contribution is -2.22. The lowest BCUT2D eigenvalue weighted by Gasteiger charge is -2.18. The van der Waals surface area contributed by atoms with Crippen LogP contribution in [-0.4, -0.2) is 42.6 Å². The minimum atomic E-state index is -0.499. The Morgan fingerprint density at radius 3 is 1.71 bits per heavy atom. The number of rotatable bonds is 6. The van der Waals surface area contributed by atoms with Gasteiger partial charge >= 0.3 is 6.01 Å². The number of anilines is 5. The first-order chi connectivity index (χ1) is 19.8. The molecule has 5 N–H and O–H groups in total. The van der Waals surface area contributed by atoms with E-state index in [9.17, 15) is 24.6 Å². The van der Waals surface area contributed by atoms with E-state index in [1.54, 1.807) is 60.7 Å². The molecule has 11 nitrogen and oxygen atoms in total. The number of fused-ring (bicyclic) bond motifs is 2. The molecule has 200 valence electrons. The van der Waals surface area contributed by atoms with Crippen molar-refractivity contribution in [1.29, 1.82) is 0 Å². The number of phenolic OH excluding ortho intramolecular Hbond substituents is 1. The molecule has 0 fully saturated rings. The van der Waals surface area contributed by atoms with Crippen LogP contribution in [0.15, 0.2) is 91.0 Å². The normalized spacial score (nSPS) is 11.8. The molecule has 4 aromatic carbocycles. The van der Waals surface area contributed by atoms with Gasteiger partial charge in [0.25, 0.3) is 5.91 Å². The lowest BCUT2D eigenvalue weighted by atomic mass is 9.83. The predicted molar refractivity (Wildman–Crippen MR) is 150 cm³/mol. The van der Waals surface area contributed by atoms with Gasteiger partial charge in [-0.3, -0.25) is 14.4 Å². The summed E-state index contributed by atoms with van der Waals surface area (Å²) >= 11 is 0. The molecule has 0 unspecified atom stereocenters. The van der Waals surface area contributed by atoms with Crippen LogP contribution >= 0.6 is 0 Å². The van der Waals surface area contributed by atoms with Gasteiger partial charge in [0.15, 0.2) is 11.6 Å². The minimum Gasteiger partial charge on any atom is -0.508 e.